The second-order valence-corrected chi connectivity index (χ2v) is 7.72. The molecule has 130 valence electrons. The predicted molar refractivity (Wildman–Crippen MR) is 87.0 cm³/mol. The maximum atomic E-state index is 12.7. The van der Waals surface area contributed by atoms with Crippen molar-refractivity contribution in [1.29, 1.82) is 0 Å². The van der Waals surface area contributed by atoms with Crippen molar-refractivity contribution in [3.8, 4) is 0 Å². The third-order valence-corrected chi connectivity index (χ3v) is 6.18. The highest BCUT2D eigenvalue weighted by Gasteiger charge is 2.45. The van der Waals surface area contributed by atoms with Crippen LogP contribution in [0.4, 0.5) is 4.79 Å². The summed E-state index contributed by atoms with van der Waals surface area (Å²) in [5, 5.41) is 3.30. The van der Waals surface area contributed by atoms with E-state index in [1.54, 1.807) is 0 Å². The molecule has 4 fully saturated rings. The number of hydrogen-bond donors (Lipinski definition) is 1. The molecule has 2 saturated carbocycles. The van der Waals surface area contributed by atoms with Gasteiger partial charge in [-0.25, -0.2) is 4.79 Å². The Labute approximate surface area is 139 Å². The first-order chi connectivity index (χ1) is 11.3. The molecule has 0 aromatic rings. The zero-order valence-electron chi connectivity index (χ0n) is 14.0. The Kier molecular flexibility index (Phi) is 4.76. The maximum Gasteiger partial charge on any atom is 0.318 e. The number of urea groups is 1. The molecule has 4 aliphatic rings. The first-order valence-corrected chi connectivity index (χ1v) is 9.63. The molecule has 0 radical (unpaired) electrons. The number of nitrogens with one attached hydrogen (secondary N) is 1. The molecule has 23 heavy (non-hydrogen) atoms. The molecular weight excluding hydrogens is 292 g/mol. The third kappa shape index (κ3) is 3.50. The molecule has 2 aliphatic carbocycles. The Morgan fingerprint density at radius 2 is 1.70 bits per heavy atom. The molecule has 5 nitrogen and oxygen atoms in total. The first-order valence-electron chi connectivity index (χ1n) is 9.63. The number of likely N-dealkylation sites (tertiary alicyclic amines) is 1. The number of rotatable bonds is 3. The van der Waals surface area contributed by atoms with Crippen LogP contribution in [-0.4, -0.2) is 49.1 Å². The van der Waals surface area contributed by atoms with Gasteiger partial charge >= 0.3 is 6.03 Å². The highest BCUT2D eigenvalue weighted by molar-refractivity contribution is 5.75. The van der Waals surface area contributed by atoms with E-state index >= 15 is 0 Å². The minimum atomic E-state index is -0.214. The summed E-state index contributed by atoms with van der Waals surface area (Å²) in [6, 6.07) is 0.619. The molecule has 4 rings (SSSR count). The molecule has 2 amide bonds. The molecule has 3 atom stereocenters. The summed E-state index contributed by atoms with van der Waals surface area (Å²) < 4.78 is 11.3. The number of carbonyl (C=O) groups excluding carboxylic acids is 1. The first kappa shape index (κ1) is 15.7. The smallest absolute Gasteiger partial charge is 0.318 e. The predicted octanol–water partition coefficient (Wildman–Crippen LogP) is 2.89. The van der Waals surface area contributed by atoms with Crippen LogP contribution in [0.5, 0.6) is 0 Å². The van der Waals surface area contributed by atoms with Crippen LogP contribution in [0.25, 0.3) is 0 Å². The Morgan fingerprint density at radius 1 is 0.957 bits per heavy atom. The molecule has 0 aromatic heterocycles. The van der Waals surface area contributed by atoms with Gasteiger partial charge in [-0.2, -0.15) is 0 Å². The third-order valence-electron chi connectivity index (χ3n) is 6.18. The van der Waals surface area contributed by atoms with Crippen LogP contribution >= 0.6 is 0 Å². The van der Waals surface area contributed by atoms with E-state index in [1.165, 1.54) is 38.5 Å². The van der Waals surface area contributed by atoms with Gasteiger partial charge in [0.25, 0.3) is 0 Å². The van der Waals surface area contributed by atoms with Crippen LogP contribution in [0.1, 0.15) is 57.8 Å². The standard InChI is InChI=1S/C18H30N2O3/c21-18(19-15-12-14(15)13-6-2-1-3-7-13)20-9-5-4-8-16(20)17-22-10-11-23-17/h13-17H,1-12H2,(H,19,21)/t14-,15-,16-/m1/s1. The number of nitrogens with zero attached hydrogens (tertiary/aromatic N) is 1. The van der Waals surface area contributed by atoms with Crippen molar-refractivity contribution in [3.05, 3.63) is 0 Å². The summed E-state index contributed by atoms with van der Waals surface area (Å²) in [4.78, 5) is 14.7. The van der Waals surface area contributed by atoms with Gasteiger partial charge < -0.3 is 19.7 Å². The molecule has 2 saturated heterocycles. The summed E-state index contributed by atoms with van der Waals surface area (Å²) in [6.45, 7) is 2.15. The lowest BCUT2D eigenvalue weighted by Crippen LogP contribution is -2.54. The lowest BCUT2D eigenvalue weighted by molar-refractivity contribution is -0.0983. The van der Waals surface area contributed by atoms with Crippen molar-refractivity contribution in [2.24, 2.45) is 11.8 Å². The van der Waals surface area contributed by atoms with E-state index in [-0.39, 0.29) is 18.4 Å². The average molecular weight is 322 g/mol. The number of ether oxygens (including phenoxy) is 2. The molecular formula is C18H30N2O3. The van der Waals surface area contributed by atoms with Crippen molar-refractivity contribution < 1.29 is 14.3 Å². The van der Waals surface area contributed by atoms with Crippen molar-refractivity contribution in [2.45, 2.75) is 76.2 Å². The Hall–Kier alpha value is -0.810. The fourth-order valence-electron chi connectivity index (χ4n) is 4.80. The summed E-state index contributed by atoms with van der Waals surface area (Å²) in [7, 11) is 0. The molecule has 0 aromatic carbocycles. The van der Waals surface area contributed by atoms with Crippen LogP contribution < -0.4 is 5.32 Å². The molecule has 0 unspecified atom stereocenters. The summed E-state index contributed by atoms with van der Waals surface area (Å²) in [5.41, 5.74) is 0. The van der Waals surface area contributed by atoms with Crippen LogP contribution in [0.15, 0.2) is 0 Å². The quantitative estimate of drug-likeness (QED) is 0.869. The molecule has 2 aliphatic heterocycles. The number of hydrogen-bond acceptors (Lipinski definition) is 3. The fraction of sp³-hybridized carbons (Fsp3) is 0.944. The normalized spacial score (nSPS) is 36.2. The largest absolute Gasteiger partial charge is 0.348 e. The summed E-state index contributed by atoms with van der Waals surface area (Å²) in [6.07, 6.45) is 11.1. The van der Waals surface area contributed by atoms with Crippen molar-refractivity contribution in [2.75, 3.05) is 19.8 Å². The molecule has 0 bridgehead atoms. The lowest BCUT2D eigenvalue weighted by atomic mass is 9.85. The van der Waals surface area contributed by atoms with Gasteiger partial charge in [0.2, 0.25) is 0 Å². The van der Waals surface area contributed by atoms with Crippen molar-refractivity contribution >= 4 is 6.03 Å². The van der Waals surface area contributed by atoms with Crippen LogP contribution in [0.3, 0.4) is 0 Å². The lowest BCUT2D eigenvalue weighted by Gasteiger charge is -2.38. The van der Waals surface area contributed by atoms with Crippen molar-refractivity contribution in [1.82, 2.24) is 10.2 Å². The van der Waals surface area contributed by atoms with Gasteiger partial charge in [-0.05, 0) is 37.5 Å². The minimum Gasteiger partial charge on any atom is -0.348 e. The average Bonchev–Trinajstić information content (AvgIpc) is 3.15. The highest BCUT2D eigenvalue weighted by atomic mass is 16.7. The SMILES string of the molecule is O=C(N[C@@H]1C[C@@H]1C1CCCCC1)N1CCCC[C@@H]1C1OCCO1. The monoisotopic (exact) mass is 322 g/mol. The highest BCUT2D eigenvalue weighted by Crippen LogP contribution is 2.44. The van der Waals surface area contributed by atoms with Gasteiger partial charge in [0.1, 0.15) is 0 Å². The second kappa shape index (κ2) is 6.98. The molecule has 1 N–H and O–H groups in total. The Bertz CT molecular complexity index is 418. The van der Waals surface area contributed by atoms with Gasteiger partial charge in [-0.1, -0.05) is 32.1 Å². The van der Waals surface area contributed by atoms with Crippen LogP contribution in [-0.2, 0) is 9.47 Å². The zero-order valence-corrected chi connectivity index (χ0v) is 14.0. The molecule has 0 spiro atoms. The van der Waals surface area contributed by atoms with Gasteiger partial charge in [-0.15, -0.1) is 0 Å². The number of piperidine rings is 1. The van der Waals surface area contributed by atoms with Gasteiger partial charge in [0.05, 0.1) is 19.3 Å². The van der Waals surface area contributed by atoms with E-state index in [9.17, 15) is 4.79 Å². The molecule has 2 heterocycles. The number of amides is 2. The zero-order chi connectivity index (χ0) is 15.6. The maximum absolute atomic E-state index is 12.7. The topological polar surface area (TPSA) is 50.8 Å². The summed E-state index contributed by atoms with van der Waals surface area (Å²) >= 11 is 0. The van der Waals surface area contributed by atoms with E-state index in [0.29, 0.717) is 19.3 Å². The van der Waals surface area contributed by atoms with Crippen LogP contribution in [0, 0.1) is 11.8 Å². The van der Waals surface area contributed by atoms with E-state index in [4.69, 9.17) is 9.47 Å². The van der Waals surface area contributed by atoms with E-state index < -0.39 is 0 Å². The Morgan fingerprint density at radius 3 is 2.48 bits per heavy atom. The van der Waals surface area contributed by atoms with E-state index in [0.717, 1.165) is 37.6 Å². The Balaban J connectivity index is 1.31. The van der Waals surface area contributed by atoms with E-state index in [1.807, 2.05) is 4.90 Å². The van der Waals surface area contributed by atoms with Crippen LogP contribution in [0.2, 0.25) is 0 Å². The fourth-order valence-corrected chi connectivity index (χ4v) is 4.80. The van der Waals surface area contributed by atoms with E-state index in [2.05, 4.69) is 5.32 Å². The minimum absolute atomic E-state index is 0.0955. The van der Waals surface area contributed by atoms with Gasteiger partial charge in [-0.3, -0.25) is 0 Å². The van der Waals surface area contributed by atoms with Gasteiger partial charge in [0.15, 0.2) is 6.29 Å². The summed E-state index contributed by atoms with van der Waals surface area (Å²) in [5.74, 6) is 1.59. The van der Waals surface area contributed by atoms with Crippen molar-refractivity contribution in [3.63, 3.8) is 0 Å². The second-order valence-electron chi connectivity index (χ2n) is 7.72. The molecule has 5 heteroatoms. The van der Waals surface area contributed by atoms with Gasteiger partial charge in [0, 0.05) is 12.6 Å². The number of carbonyl (C=O) groups is 1.